The first kappa shape index (κ1) is 62.1. The highest BCUT2D eigenvalue weighted by atomic mass is 32.2. The Morgan fingerprint density at radius 3 is 1.65 bits per heavy atom. The predicted molar refractivity (Wildman–Crippen MR) is 287 cm³/mol. The number of fused-ring (bicyclic) bond motifs is 1. The van der Waals surface area contributed by atoms with E-state index in [0.717, 1.165) is 0 Å². The molecule has 0 aliphatic rings. The van der Waals surface area contributed by atoms with E-state index in [4.69, 9.17) is 5.73 Å². The second kappa shape index (κ2) is 30.9. The molecule has 0 aliphatic carbocycles. The minimum atomic E-state index is -1.87. The van der Waals surface area contributed by atoms with Gasteiger partial charge in [0.15, 0.2) is 0 Å². The molecule has 420 valence electrons. The van der Waals surface area contributed by atoms with Crippen molar-refractivity contribution in [2.24, 2.45) is 11.7 Å². The number of aromatic amines is 1. The highest BCUT2D eigenvalue weighted by Crippen LogP contribution is 2.20. The molecule has 0 spiro atoms. The Morgan fingerprint density at radius 1 is 0.577 bits per heavy atom. The van der Waals surface area contributed by atoms with Gasteiger partial charge in [-0.05, 0) is 72.1 Å². The summed E-state index contributed by atoms with van der Waals surface area (Å²) in [5, 5.41) is 50.2. The Balaban J connectivity index is 1.65. The smallest absolute Gasteiger partial charge is 0.305 e. The maximum Gasteiger partial charge on any atom is 0.305 e. The second-order valence-corrected chi connectivity index (χ2v) is 19.9. The van der Waals surface area contributed by atoms with Gasteiger partial charge in [0.1, 0.15) is 48.0 Å². The maximum atomic E-state index is 14.7. The number of aromatic nitrogens is 1. The van der Waals surface area contributed by atoms with Gasteiger partial charge in [-0.25, -0.2) is 0 Å². The Hall–Kier alpha value is -8.48. The summed E-state index contributed by atoms with van der Waals surface area (Å²) >= 11 is 1.33. The van der Waals surface area contributed by atoms with Crippen molar-refractivity contribution in [1.29, 1.82) is 0 Å². The number of primary amides is 1. The number of phenols is 1. The average molecular weight is 1100 g/mol. The van der Waals surface area contributed by atoms with Crippen LogP contribution in [-0.4, -0.2) is 146 Å². The molecule has 0 aliphatic heterocycles. The zero-order chi connectivity index (χ0) is 57.5. The maximum absolute atomic E-state index is 14.7. The van der Waals surface area contributed by atoms with Gasteiger partial charge in [0.05, 0.1) is 13.0 Å². The number of carboxylic acids is 2. The fraction of sp³-hybridized carbons (Fsp3) is 0.415. The summed E-state index contributed by atoms with van der Waals surface area (Å²) < 4.78 is 0. The normalized spacial score (nSPS) is 13.7. The summed E-state index contributed by atoms with van der Waals surface area (Å²) in [6.07, 6.45) is 0.863. The molecular formula is C53H68N10O14S. The summed E-state index contributed by atoms with van der Waals surface area (Å²) in [4.78, 5) is 149. The Bertz CT molecular complexity index is 2760. The molecule has 25 heteroatoms. The van der Waals surface area contributed by atoms with Crippen molar-refractivity contribution >= 4 is 87.8 Å². The van der Waals surface area contributed by atoms with Crippen molar-refractivity contribution in [3.8, 4) is 5.75 Å². The molecular weight excluding hydrogens is 1030 g/mol. The van der Waals surface area contributed by atoms with Crippen LogP contribution < -0.4 is 48.3 Å². The summed E-state index contributed by atoms with van der Waals surface area (Å²) in [6, 6.07) is 11.0. The molecule has 1 aromatic heterocycles. The molecule has 0 fully saturated rings. The lowest BCUT2D eigenvalue weighted by Crippen LogP contribution is -2.60. The zero-order valence-electron chi connectivity index (χ0n) is 43.6. The number of nitrogens with one attached hydrogen (secondary N) is 9. The van der Waals surface area contributed by atoms with Crippen molar-refractivity contribution in [2.75, 3.05) is 18.6 Å². The van der Waals surface area contributed by atoms with Gasteiger partial charge in [-0.1, -0.05) is 74.5 Å². The molecule has 1 heterocycles. The molecule has 24 nitrogen and oxygen atoms in total. The molecule has 78 heavy (non-hydrogen) atoms. The number of rotatable bonds is 32. The van der Waals surface area contributed by atoms with E-state index in [1.807, 2.05) is 0 Å². The number of nitrogens with two attached hydrogens (primary N) is 1. The number of aromatic hydroxyl groups is 1. The van der Waals surface area contributed by atoms with Crippen molar-refractivity contribution < 1.29 is 68.1 Å². The summed E-state index contributed by atoms with van der Waals surface area (Å²) in [7, 11) is 0. The van der Waals surface area contributed by atoms with Gasteiger partial charge in [0.2, 0.25) is 53.2 Å². The largest absolute Gasteiger partial charge is 0.508 e. The van der Waals surface area contributed by atoms with Crippen LogP contribution in [0, 0.1) is 5.92 Å². The third-order valence-electron chi connectivity index (χ3n) is 12.1. The van der Waals surface area contributed by atoms with Crippen LogP contribution in [0.2, 0.25) is 0 Å². The van der Waals surface area contributed by atoms with Gasteiger partial charge in [-0.15, -0.1) is 0 Å². The molecule has 0 unspecified atom stereocenters. The van der Waals surface area contributed by atoms with E-state index in [9.17, 15) is 68.1 Å². The van der Waals surface area contributed by atoms with Crippen LogP contribution in [0.5, 0.6) is 5.75 Å². The van der Waals surface area contributed by atoms with Gasteiger partial charge in [0.25, 0.3) is 0 Å². The van der Waals surface area contributed by atoms with Crippen molar-refractivity contribution in [3.63, 3.8) is 0 Å². The molecule has 14 N–H and O–H groups in total. The quantitative estimate of drug-likeness (QED) is 0.0307. The lowest BCUT2D eigenvalue weighted by atomic mass is 10.0. The number of phenolic OH excluding ortho intramolecular Hbond substituents is 1. The Labute approximate surface area is 454 Å². The van der Waals surface area contributed by atoms with Crippen LogP contribution in [0.4, 0.5) is 0 Å². The minimum Gasteiger partial charge on any atom is -0.508 e. The number of H-pyrrole nitrogens is 1. The molecule has 7 atom stereocenters. The first-order valence-electron chi connectivity index (χ1n) is 25.0. The van der Waals surface area contributed by atoms with E-state index < -0.39 is 133 Å². The standard InChI is InChI=1S/C53H68N10O14S/c1-29(2)22-39(47(54)71)58-44(66)28-56-48(72)37(18-19-45(67)68)59-52(76)42(25-33-27-55-36-13-9-8-12-35(33)36)62-51(75)41(24-32-14-16-34(65)17-15-32)61-53(77)43(26-46(69)70)63-49(73)38(20-21-78-4)60-50(74)40(57-30(3)64)23-31-10-6-5-7-11-31/h5-17,27,29,37-43,55,65H,18-26,28H2,1-4H3,(H2,54,71)(H,56,72)(H,57,64)(H,58,66)(H,59,76)(H,60,74)(H,61,77)(H,62,75)(H,63,73)(H,67,68)(H,69,70)/t37-,38-,39+,40-,41-,42-,43-/m0/s1. The number of amides is 9. The number of hydrogen-bond donors (Lipinski definition) is 13. The summed E-state index contributed by atoms with van der Waals surface area (Å²) in [5.74, 6) is -10.8. The van der Waals surface area contributed by atoms with E-state index in [-0.39, 0.29) is 43.8 Å². The third-order valence-corrected chi connectivity index (χ3v) is 12.7. The molecule has 4 rings (SSSR count). The molecule has 0 saturated carbocycles. The van der Waals surface area contributed by atoms with Crippen LogP contribution in [0.1, 0.15) is 69.6 Å². The molecule has 3 aromatic carbocycles. The molecule has 0 bridgehead atoms. The Morgan fingerprint density at radius 2 is 1.09 bits per heavy atom. The number of carboxylic acid groups (broad SMARTS) is 2. The minimum absolute atomic E-state index is 0.00796. The van der Waals surface area contributed by atoms with Gasteiger partial charge >= 0.3 is 11.9 Å². The van der Waals surface area contributed by atoms with Gasteiger partial charge in [0, 0.05) is 49.7 Å². The van der Waals surface area contributed by atoms with E-state index >= 15 is 0 Å². The van der Waals surface area contributed by atoms with Crippen molar-refractivity contribution in [3.05, 3.63) is 102 Å². The average Bonchev–Trinajstić information content (AvgIpc) is 3.81. The monoisotopic (exact) mass is 1100 g/mol. The van der Waals surface area contributed by atoms with E-state index in [1.54, 1.807) is 80.9 Å². The fourth-order valence-corrected chi connectivity index (χ4v) is 8.62. The number of hydrogen-bond acceptors (Lipinski definition) is 13. The number of carbonyl (C=O) groups excluding carboxylic acids is 9. The lowest BCUT2D eigenvalue weighted by Gasteiger charge is -2.27. The number of aliphatic carboxylic acids is 2. The SMILES string of the molecule is CSCC[C@H](NC(=O)[C@H](Cc1ccccc1)NC(C)=O)C(=O)N[C@@H](CC(=O)O)C(=O)N[C@@H](Cc1ccc(O)cc1)C(=O)N[C@@H](Cc1c[nH]c2ccccc12)C(=O)N[C@@H](CCC(=O)O)C(=O)NCC(=O)N[C@H](CC(C)C)C(N)=O. The molecule has 9 amide bonds. The van der Waals surface area contributed by atoms with E-state index in [1.165, 1.54) is 43.0 Å². The number of benzene rings is 3. The molecule has 0 saturated heterocycles. The zero-order valence-corrected chi connectivity index (χ0v) is 44.4. The van der Waals surface area contributed by atoms with Crippen LogP contribution in [-0.2, 0) is 72.0 Å². The van der Waals surface area contributed by atoms with E-state index in [2.05, 4.69) is 47.5 Å². The van der Waals surface area contributed by atoms with Gasteiger partial charge in [-0.2, -0.15) is 11.8 Å². The van der Waals surface area contributed by atoms with Crippen LogP contribution in [0.3, 0.4) is 0 Å². The molecule has 4 aromatic rings. The highest BCUT2D eigenvalue weighted by Gasteiger charge is 2.35. The molecule has 0 radical (unpaired) electrons. The number of carbonyl (C=O) groups is 11. The summed E-state index contributed by atoms with van der Waals surface area (Å²) in [5.41, 5.74) is 7.65. The lowest BCUT2D eigenvalue weighted by molar-refractivity contribution is -0.141. The second-order valence-electron chi connectivity index (χ2n) is 18.9. The van der Waals surface area contributed by atoms with Crippen LogP contribution in [0.25, 0.3) is 10.9 Å². The number of thioether (sulfide) groups is 1. The predicted octanol–water partition coefficient (Wildman–Crippen LogP) is 0.0551. The van der Waals surface area contributed by atoms with Gasteiger partial charge < -0.3 is 68.6 Å². The summed E-state index contributed by atoms with van der Waals surface area (Å²) in [6.45, 7) is 4.13. The first-order valence-corrected chi connectivity index (χ1v) is 26.4. The van der Waals surface area contributed by atoms with Gasteiger partial charge in [-0.3, -0.25) is 52.7 Å². The van der Waals surface area contributed by atoms with Crippen molar-refractivity contribution in [1.82, 2.24) is 47.5 Å². The van der Waals surface area contributed by atoms with Crippen LogP contribution >= 0.6 is 11.8 Å². The topological polar surface area (TPSA) is 387 Å². The fourth-order valence-electron chi connectivity index (χ4n) is 8.15. The highest BCUT2D eigenvalue weighted by molar-refractivity contribution is 7.98. The van der Waals surface area contributed by atoms with Crippen molar-refractivity contribution in [2.45, 2.75) is 114 Å². The van der Waals surface area contributed by atoms with E-state index in [0.29, 0.717) is 33.3 Å². The Kier molecular flexibility index (Phi) is 24.6. The number of para-hydroxylation sites is 1. The third kappa shape index (κ3) is 20.9. The first-order chi connectivity index (χ1) is 37.0. The van der Waals surface area contributed by atoms with Crippen LogP contribution in [0.15, 0.2) is 85.1 Å².